The lowest BCUT2D eigenvalue weighted by Crippen LogP contribution is -2.01. The lowest BCUT2D eigenvalue weighted by Gasteiger charge is -2.14. The summed E-state index contributed by atoms with van der Waals surface area (Å²) in [5.74, 6) is 1.90. The minimum atomic E-state index is -0.106. The molecular weight excluding hydrogens is 567 g/mol. The molecule has 0 N–H and O–H groups in total. The van der Waals surface area contributed by atoms with Crippen molar-refractivity contribution in [3.05, 3.63) is 166 Å². The summed E-state index contributed by atoms with van der Waals surface area (Å²) < 4.78 is 12.5. The molecule has 0 saturated heterocycles. The first-order valence-electron chi connectivity index (χ1n) is 13.1. The topological polar surface area (TPSA) is 52.6 Å². The van der Waals surface area contributed by atoms with E-state index in [0.717, 1.165) is 10.8 Å². The molecule has 0 aromatic heterocycles. The summed E-state index contributed by atoms with van der Waals surface area (Å²) in [6, 6.07) is 39.2. The van der Waals surface area contributed by atoms with E-state index in [2.05, 4.69) is 0 Å². The first kappa shape index (κ1) is 27.3. The highest BCUT2D eigenvalue weighted by molar-refractivity contribution is 6.31. The van der Waals surface area contributed by atoms with Gasteiger partial charge in [-0.25, -0.2) is 0 Å². The second-order valence-electron chi connectivity index (χ2n) is 9.57. The van der Waals surface area contributed by atoms with Crippen LogP contribution in [0.1, 0.15) is 31.8 Å². The van der Waals surface area contributed by atoms with Crippen LogP contribution in [0.3, 0.4) is 0 Å². The molecule has 0 aliphatic heterocycles. The number of rotatable bonds is 8. The molecule has 6 rings (SSSR count). The average Bonchev–Trinajstić information content (AvgIpc) is 3.02. The number of hydrogen-bond donors (Lipinski definition) is 0. The minimum absolute atomic E-state index is 0.106. The van der Waals surface area contributed by atoms with Crippen LogP contribution in [0.15, 0.2) is 133 Å². The number of halogens is 2. The van der Waals surface area contributed by atoms with Crippen LogP contribution in [0.5, 0.6) is 23.0 Å². The van der Waals surface area contributed by atoms with Crippen molar-refractivity contribution in [2.24, 2.45) is 0 Å². The predicted octanol–water partition coefficient (Wildman–Crippen LogP) is 10.2. The van der Waals surface area contributed by atoms with Crippen molar-refractivity contribution in [2.45, 2.75) is 0 Å². The summed E-state index contributed by atoms with van der Waals surface area (Å²) in [7, 11) is 0. The van der Waals surface area contributed by atoms with E-state index < -0.39 is 0 Å². The highest BCUT2D eigenvalue weighted by Crippen LogP contribution is 2.38. The Hall–Kier alpha value is -4.90. The van der Waals surface area contributed by atoms with Crippen molar-refractivity contribution in [2.75, 3.05) is 0 Å². The number of carbonyl (C=O) groups is 2. The Bertz CT molecular complexity index is 1750. The quantitative estimate of drug-likeness (QED) is 0.166. The molecule has 6 heteroatoms. The van der Waals surface area contributed by atoms with E-state index in [-0.39, 0.29) is 11.6 Å². The molecule has 204 valence electrons. The number of hydrogen-bond acceptors (Lipinski definition) is 4. The van der Waals surface area contributed by atoms with Gasteiger partial charge in [0.2, 0.25) is 0 Å². The fourth-order valence-corrected chi connectivity index (χ4v) is 4.75. The van der Waals surface area contributed by atoms with Crippen molar-refractivity contribution in [3.8, 4) is 23.0 Å². The third-order valence-electron chi connectivity index (χ3n) is 6.71. The molecule has 6 aromatic carbocycles. The van der Waals surface area contributed by atoms with Gasteiger partial charge in [-0.2, -0.15) is 0 Å². The van der Waals surface area contributed by atoms with E-state index >= 15 is 0 Å². The summed E-state index contributed by atoms with van der Waals surface area (Å²) in [6.45, 7) is 0. The van der Waals surface area contributed by atoms with Crippen molar-refractivity contribution in [1.29, 1.82) is 0 Å². The molecule has 0 amide bonds. The van der Waals surface area contributed by atoms with Gasteiger partial charge < -0.3 is 9.47 Å². The van der Waals surface area contributed by atoms with Crippen LogP contribution in [0.4, 0.5) is 0 Å². The van der Waals surface area contributed by atoms with Gasteiger partial charge in [-0.15, -0.1) is 0 Å². The van der Waals surface area contributed by atoms with Crippen LogP contribution in [0.2, 0.25) is 10.0 Å². The Kier molecular flexibility index (Phi) is 7.74. The number of ketones is 2. The molecule has 0 aliphatic rings. The first-order valence-corrected chi connectivity index (χ1v) is 13.9. The van der Waals surface area contributed by atoms with E-state index in [1.807, 2.05) is 36.4 Å². The van der Waals surface area contributed by atoms with Crippen LogP contribution in [0, 0.1) is 0 Å². The van der Waals surface area contributed by atoms with Crippen LogP contribution in [0.25, 0.3) is 10.8 Å². The van der Waals surface area contributed by atoms with E-state index in [1.54, 1.807) is 97.1 Å². The minimum Gasteiger partial charge on any atom is -0.453 e. The summed E-state index contributed by atoms with van der Waals surface area (Å²) in [4.78, 5) is 25.7. The van der Waals surface area contributed by atoms with E-state index in [0.29, 0.717) is 55.3 Å². The zero-order valence-corrected chi connectivity index (χ0v) is 23.6. The number of ether oxygens (including phenoxy) is 2. The van der Waals surface area contributed by atoms with Crippen LogP contribution < -0.4 is 9.47 Å². The molecule has 0 spiro atoms. The summed E-state index contributed by atoms with van der Waals surface area (Å²) >= 11 is 11.9. The molecule has 0 radical (unpaired) electrons. The molecule has 0 fully saturated rings. The van der Waals surface area contributed by atoms with Gasteiger partial charge in [0, 0.05) is 32.3 Å². The van der Waals surface area contributed by atoms with Gasteiger partial charge in [0.1, 0.15) is 11.5 Å². The molecule has 0 saturated carbocycles. The fourth-order valence-electron chi connectivity index (χ4n) is 4.50. The molecule has 0 aliphatic carbocycles. The Morgan fingerprint density at radius 1 is 0.429 bits per heavy atom. The lowest BCUT2D eigenvalue weighted by atomic mass is 10.0. The van der Waals surface area contributed by atoms with Gasteiger partial charge in [-0.05, 0) is 120 Å². The fraction of sp³-hybridized carbons (Fsp3) is 0. The Labute approximate surface area is 252 Å². The zero-order valence-electron chi connectivity index (χ0n) is 22.1. The maximum atomic E-state index is 12.9. The van der Waals surface area contributed by atoms with E-state index in [9.17, 15) is 9.59 Å². The van der Waals surface area contributed by atoms with Gasteiger partial charge in [-0.1, -0.05) is 47.5 Å². The molecule has 0 heterocycles. The summed E-state index contributed by atoms with van der Waals surface area (Å²) in [5.41, 5.74) is 2.18. The van der Waals surface area contributed by atoms with E-state index in [1.165, 1.54) is 0 Å². The second kappa shape index (κ2) is 11.9. The molecule has 6 aromatic rings. The SMILES string of the molecule is O=C(c1ccc(Cl)cc1)c1ccc(Oc2cc3ccccc3cc2Oc2ccc(C(=O)c3ccc(Cl)cc3)cc2)cc1. The van der Waals surface area contributed by atoms with E-state index in [4.69, 9.17) is 32.7 Å². The summed E-state index contributed by atoms with van der Waals surface area (Å²) in [6.07, 6.45) is 0. The predicted molar refractivity (Wildman–Crippen MR) is 167 cm³/mol. The number of carbonyl (C=O) groups excluding carboxylic acids is 2. The molecule has 0 unspecified atom stereocenters. The van der Waals surface area contributed by atoms with Crippen LogP contribution in [-0.2, 0) is 0 Å². The van der Waals surface area contributed by atoms with Crippen LogP contribution >= 0.6 is 23.2 Å². The Morgan fingerprint density at radius 3 is 1.07 bits per heavy atom. The highest BCUT2D eigenvalue weighted by Gasteiger charge is 2.14. The second-order valence-corrected chi connectivity index (χ2v) is 10.4. The lowest BCUT2D eigenvalue weighted by molar-refractivity contribution is 0.103. The first-order chi connectivity index (χ1) is 20.4. The van der Waals surface area contributed by atoms with Gasteiger partial charge >= 0.3 is 0 Å². The van der Waals surface area contributed by atoms with Crippen molar-refractivity contribution in [1.82, 2.24) is 0 Å². The molecule has 42 heavy (non-hydrogen) atoms. The van der Waals surface area contributed by atoms with Gasteiger partial charge in [-0.3, -0.25) is 9.59 Å². The largest absolute Gasteiger partial charge is 0.453 e. The highest BCUT2D eigenvalue weighted by atomic mass is 35.5. The normalized spacial score (nSPS) is 10.8. The standard InChI is InChI=1S/C36H22Cl2O4/c37-29-13-5-23(6-14-29)35(39)25-9-17-31(18-10-25)41-33-21-27-3-1-2-4-28(27)22-34(33)42-32-19-11-26(12-20-32)36(40)24-7-15-30(38)16-8-24/h1-22H. The van der Waals surface area contributed by atoms with Gasteiger partial charge in [0.05, 0.1) is 0 Å². The smallest absolute Gasteiger partial charge is 0.193 e. The molecule has 0 atom stereocenters. The monoisotopic (exact) mass is 588 g/mol. The third kappa shape index (κ3) is 6.06. The molecule has 4 nitrogen and oxygen atoms in total. The van der Waals surface area contributed by atoms with Gasteiger partial charge in [0.25, 0.3) is 0 Å². The number of fused-ring (bicyclic) bond motifs is 1. The Balaban J connectivity index is 1.24. The zero-order chi connectivity index (χ0) is 29.1. The van der Waals surface area contributed by atoms with Crippen LogP contribution in [-0.4, -0.2) is 11.6 Å². The maximum Gasteiger partial charge on any atom is 0.193 e. The third-order valence-corrected chi connectivity index (χ3v) is 7.22. The molecular formula is C36H22Cl2O4. The maximum absolute atomic E-state index is 12.9. The van der Waals surface area contributed by atoms with Crippen molar-refractivity contribution in [3.63, 3.8) is 0 Å². The molecule has 0 bridgehead atoms. The number of benzene rings is 6. The Morgan fingerprint density at radius 2 is 0.738 bits per heavy atom. The summed E-state index contributed by atoms with van der Waals surface area (Å²) in [5, 5.41) is 3.12. The van der Waals surface area contributed by atoms with Crippen molar-refractivity contribution >= 4 is 45.5 Å². The van der Waals surface area contributed by atoms with Gasteiger partial charge in [0.15, 0.2) is 23.1 Å². The average molecular weight is 589 g/mol. The van der Waals surface area contributed by atoms with Crippen molar-refractivity contribution < 1.29 is 19.1 Å².